The molecule has 2 rings (SSSR count). The molecule has 0 bridgehead atoms. The van der Waals surface area contributed by atoms with Crippen LogP contribution in [0.1, 0.15) is 58.8 Å². The molecule has 1 saturated carbocycles. The number of likely N-dealkylation sites (N-methyl/N-ethyl adjacent to an activating group) is 1. The van der Waals surface area contributed by atoms with Gasteiger partial charge in [0.05, 0.1) is 5.60 Å². The third kappa shape index (κ3) is 2.89. The fourth-order valence-electron chi connectivity index (χ4n) is 3.52. The summed E-state index contributed by atoms with van der Waals surface area (Å²) < 4.78 is 6.18. The maximum absolute atomic E-state index is 6.18. The molecule has 1 spiro atoms. The molecule has 1 aliphatic heterocycles. The minimum Gasteiger partial charge on any atom is -0.375 e. The van der Waals surface area contributed by atoms with Crippen LogP contribution >= 0.6 is 0 Å². The summed E-state index contributed by atoms with van der Waals surface area (Å²) in [5.41, 5.74) is 6.20. The first-order valence-corrected chi connectivity index (χ1v) is 7.56. The van der Waals surface area contributed by atoms with Crippen LogP contribution in [0.3, 0.4) is 0 Å². The molecular weight excluding hydrogens is 224 g/mol. The zero-order valence-electron chi connectivity index (χ0n) is 12.4. The van der Waals surface area contributed by atoms with Crippen molar-refractivity contribution in [3.05, 3.63) is 0 Å². The average Bonchev–Trinajstić information content (AvgIpc) is 2.39. The predicted molar refractivity (Wildman–Crippen MR) is 75.7 cm³/mol. The highest BCUT2D eigenvalue weighted by Gasteiger charge is 2.41. The van der Waals surface area contributed by atoms with Crippen LogP contribution in [-0.4, -0.2) is 42.3 Å². The topological polar surface area (TPSA) is 38.5 Å². The van der Waals surface area contributed by atoms with E-state index in [2.05, 4.69) is 25.8 Å². The minimum absolute atomic E-state index is 0.0951. The third-order valence-electron chi connectivity index (χ3n) is 5.23. The van der Waals surface area contributed by atoms with Crippen LogP contribution in [0.4, 0.5) is 0 Å². The molecule has 0 aromatic heterocycles. The number of hydrogen-bond donors (Lipinski definition) is 1. The molecule has 106 valence electrons. The van der Waals surface area contributed by atoms with E-state index in [9.17, 15) is 0 Å². The standard InChI is InChI=1S/C15H30N2O/c1-14(2,12-16)17(3)13-7-10-18-15(11-13)8-5-4-6-9-15/h13H,4-12,16H2,1-3H3. The molecule has 18 heavy (non-hydrogen) atoms. The summed E-state index contributed by atoms with van der Waals surface area (Å²) in [4.78, 5) is 2.49. The third-order valence-corrected chi connectivity index (χ3v) is 5.23. The maximum atomic E-state index is 6.18. The van der Waals surface area contributed by atoms with Crippen molar-refractivity contribution in [1.29, 1.82) is 0 Å². The number of rotatable bonds is 3. The quantitative estimate of drug-likeness (QED) is 0.841. The molecular formula is C15H30N2O. The molecule has 2 aliphatic rings. The Balaban J connectivity index is 2.02. The fourth-order valence-corrected chi connectivity index (χ4v) is 3.52. The summed E-state index contributed by atoms with van der Waals surface area (Å²) in [6.45, 7) is 6.13. The van der Waals surface area contributed by atoms with E-state index in [1.807, 2.05) is 0 Å². The molecule has 1 saturated heterocycles. The van der Waals surface area contributed by atoms with Crippen molar-refractivity contribution in [3.63, 3.8) is 0 Å². The highest BCUT2D eigenvalue weighted by atomic mass is 16.5. The van der Waals surface area contributed by atoms with Crippen molar-refractivity contribution in [2.45, 2.75) is 76.0 Å². The Hall–Kier alpha value is -0.120. The SMILES string of the molecule is CN(C1CCOC2(CCCCC2)C1)C(C)(C)CN. The Kier molecular flexibility index (Phi) is 4.35. The van der Waals surface area contributed by atoms with Gasteiger partial charge in [-0.1, -0.05) is 19.3 Å². The number of hydrogen-bond acceptors (Lipinski definition) is 3. The Bertz CT molecular complexity index is 266. The van der Waals surface area contributed by atoms with Crippen molar-refractivity contribution in [1.82, 2.24) is 4.90 Å². The van der Waals surface area contributed by atoms with E-state index in [0.29, 0.717) is 12.6 Å². The Morgan fingerprint density at radius 1 is 1.28 bits per heavy atom. The lowest BCUT2D eigenvalue weighted by atomic mass is 9.77. The van der Waals surface area contributed by atoms with Crippen LogP contribution in [0.15, 0.2) is 0 Å². The Morgan fingerprint density at radius 2 is 1.94 bits per heavy atom. The van der Waals surface area contributed by atoms with E-state index in [1.54, 1.807) is 0 Å². The smallest absolute Gasteiger partial charge is 0.0697 e. The monoisotopic (exact) mass is 254 g/mol. The van der Waals surface area contributed by atoms with Gasteiger partial charge in [-0.2, -0.15) is 0 Å². The summed E-state index contributed by atoms with van der Waals surface area (Å²) in [6, 6.07) is 0.635. The number of nitrogens with zero attached hydrogens (tertiary/aromatic N) is 1. The van der Waals surface area contributed by atoms with Gasteiger partial charge in [-0.25, -0.2) is 0 Å². The van der Waals surface area contributed by atoms with Crippen molar-refractivity contribution < 1.29 is 4.74 Å². The molecule has 0 aromatic carbocycles. The summed E-state index contributed by atoms with van der Waals surface area (Å²) in [5.74, 6) is 0. The number of nitrogens with two attached hydrogens (primary N) is 1. The first kappa shape index (κ1) is 14.3. The average molecular weight is 254 g/mol. The van der Waals surface area contributed by atoms with E-state index >= 15 is 0 Å². The molecule has 1 aliphatic carbocycles. The Labute approximate surface area is 112 Å². The van der Waals surface area contributed by atoms with Crippen LogP contribution in [0, 0.1) is 0 Å². The van der Waals surface area contributed by atoms with Gasteiger partial charge >= 0.3 is 0 Å². The zero-order chi connectivity index (χ0) is 13.2. The van der Waals surface area contributed by atoms with E-state index < -0.39 is 0 Å². The maximum Gasteiger partial charge on any atom is 0.0697 e. The number of ether oxygens (including phenoxy) is 1. The van der Waals surface area contributed by atoms with Gasteiger partial charge in [0.15, 0.2) is 0 Å². The van der Waals surface area contributed by atoms with Crippen molar-refractivity contribution >= 4 is 0 Å². The van der Waals surface area contributed by atoms with Gasteiger partial charge in [0.1, 0.15) is 0 Å². The second-order valence-corrected chi connectivity index (χ2v) is 6.87. The predicted octanol–water partition coefficient (Wildman–Crippen LogP) is 2.54. The molecule has 1 unspecified atom stereocenters. The molecule has 0 aromatic rings. The van der Waals surface area contributed by atoms with E-state index in [0.717, 1.165) is 13.0 Å². The van der Waals surface area contributed by atoms with Gasteiger partial charge in [-0.3, -0.25) is 4.90 Å². The van der Waals surface area contributed by atoms with Gasteiger partial charge < -0.3 is 10.5 Å². The summed E-state index contributed by atoms with van der Waals surface area (Å²) >= 11 is 0. The van der Waals surface area contributed by atoms with E-state index in [4.69, 9.17) is 10.5 Å². The molecule has 2 fully saturated rings. The van der Waals surface area contributed by atoms with Crippen molar-refractivity contribution in [2.24, 2.45) is 5.73 Å². The van der Waals surface area contributed by atoms with Gasteiger partial charge in [0, 0.05) is 24.7 Å². The van der Waals surface area contributed by atoms with Crippen LogP contribution in [0.25, 0.3) is 0 Å². The van der Waals surface area contributed by atoms with Gasteiger partial charge in [0.2, 0.25) is 0 Å². The lowest BCUT2D eigenvalue weighted by molar-refractivity contribution is -0.129. The summed E-state index contributed by atoms with van der Waals surface area (Å²) in [5, 5.41) is 0. The van der Waals surface area contributed by atoms with E-state index in [-0.39, 0.29) is 11.1 Å². The normalized spacial score (nSPS) is 28.8. The second-order valence-electron chi connectivity index (χ2n) is 6.87. The molecule has 0 radical (unpaired) electrons. The van der Waals surface area contributed by atoms with Crippen LogP contribution in [0.5, 0.6) is 0 Å². The first-order valence-electron chi connectivity index (χ1n) is 7.56. The molecule has 1 heterocycles. The molecule has 2 N–H and O–H groups in total. The largest absolute Gasteiger partial charge is 0.375 e. The highest BCUT2D eigenvalue weighted by molar-refractivity contribution is 4.95. The van der Waals surface area contributed by atoms with Crippen LogP contribution < -0.4 is 5.73 Å². The van der Waals surface area contributed by atoms with Crippen molar-refractivity contribution in [3.8, 4) is 0 Å². The molecule has 3 nitrogen and oxygen atoms in total. The van der Waals surface area contributed by atoms with Gasteiger partial charge in [-0.05, 0) is 46.6 Å². The fraction of sp³-hybridized carbons (Fsp3) is 1.00. The van der Waals surface area contributed by atoms with Crippen LogP contribution in [-0.2, 0) is 4.74 Å². The molecule has 1 atom stereocenters. The van der Waals surface area contributed by atoms with Gasteiger partial charge in [0.25, 0.3) is 0 Å². The lowest BCUT2D eigenvalue weighted by Gasteiger charge is -2.49. The first-order chi connectivity index (χ1) is 8.49. The minimum atomic E-state index is 0.0951. The lowest BCUT2D eigenvalue weighted by Crippen LogP contribution is -2.56. The molecule has 3 heteroatoms. The van der Waals surface area contributed by atoms with Gasteiger partial charge in [-0.15, -0.1) is 0 Å². The summed E-state index contributed by atoms with van der Waals surface area (Å²) in [6.07, 6.45) is 8.96. The van der Waals surface area contributed by atoms with Crippen molar-refractivity contribution in [2.75, 3.05) is 20.2 Å². The van der Waals surface area contributed by atoms with E-state index in [1.165, 1.54) is 38.5 Å². The van der Waals surface area contributed by atoms with Crippen LogP contribution in [0.2, 0.25) is 0 Å². The molecule has 0 amide bonds. The zero-order valence-corrected chi connectivity index (χ0v) is 12.4. The highest BCUT2D eigenvalue weighted by Crippen LogP contribution is 2.40. The summed E-state index contributed by atoms with van der Waals surface area (Å²) in [7, 11) is 2.24. The Morgan fingerprint density at radius 3 is 2.56 bits per heavy atom. The second kappa shape index (κ2) is 5.48.